The van der Waals surface area contributed by atoms with Crippen molar-refractivity contribution < 1.29 is 14.1 Å². The highest BCUT2D eigenvalue weighted by atomic mass is 16.5. The van der Waals surface area contributed by atoms with E-state index in [1.54, 1.807) is 24.0 Å². The van der Waals surface area contributed by atoms with E-state index in [2.05, 4.69) is 27.8 Å². The topological polar surface area (TPSA) is 102 Å². The highest BCUT2D eigenvalue weighted by Gasteiger charge is 2.54. The molecular formula is C26H37N5O3. The van der Waals surface area contributed by atoms with Crippen LogP contribution in [-0.2, 0) is 11.8 Å². The van der Waals surface area contributed by atoms with E-state index in [-0.39, 0.29) is 23.1 Å². The molecule has 3 aliphatic carbocycles. The number of hydrogen-bond donors (Lipinski definition) is 2. The summed E-state index contributed by atoms with van der Waals surface area (Å²) in [5.74, 6) is 0.874. The first-order chi connectivity index (χ1) is 16.4. The van der Waals surface area contributed by atoms with E-state index in [9.17, 15) is 9.59 Å². The number of amides is 2. The molecule has 3 fully saturated rings. The summed E-state index contributed by atoms with van der Waals surface area (Å²) in [5, 5.41) is 14.6. The molecule has 3 aliphatic rings. The average molecular weight is 468 g/mol. The third-order valence-electron chi connectivity index (χ3n) is 8.67. The molecule has 0 aromatic carbocycles. The van der Waals surface area contributed by atoms with E-state index in [1.165, 1.54) is 25.7 Å². The molecule has 8 heteroatoms. The lowest BCUT2D eigenvalue weighted by Gasteiger charge is -2.42. The number of carbonyl (C=O) groups is 2. The second-order valence-electron chi connectivity index (χ2n) is 11.0. The minimum atomic E-state index is -0.636. The van der Waals surface area contributed by atoms with Crippen molar-refractivity contribution in [2.75, 3.05) is 5.32 Å². The van der Waals surface area contributed by atoms with Crippen LogP contribution in [0, 0.1) is 24.2 Å². The fourth-order valence-electron chi connectivity index (χ4n) is 6.11. The second-order valence-corrected chi connectivity index (χ2v) is 11.0. The van der Waals surface area contributed by atoms with Gasteiger partial charge in [0.2, 0.25) is 11.8 Å². The maximum absolute atomic E-state index is 13.8. The van der Waals surface area contributed by atoms with Crippen molar-refractivity contribution in [3.05, 3.63) is 29.2 Å². The van der Waals surface area contributed by atoms with Gasteiger partial charge >= 0.3 is 0 Å². The van der Waals surface area contributed by atoms with Crippen LogP contribution in [-0.4, -0.2) is 32.8 Å². The summed E-state index contributed by atoms with van der Waals surface area (Å²) in [7, 11) is 1.74. The van der Waals surface area contributed by atoms with E-state index in [0.29, 0.717) is 23.4 Å². The van der Waals surface area contributed by atoms with E-state index in [4.69, 9.17) is 4.52 Å². The highest BCUT2D eigenvalue weighted by molar-refractivity contribution is 6.00. The molecule has 0 aliphatic heterocycles. The Morgan fingerprint density at radius 3 is 2.47 bits per heavy atom. The predicted octanol–water partition coefficient (Wildman–Crippen LogP) is 4.72. The summed E-state index contributed by atoms with van der Waals surface area (Å²) in [6.45, 7) is 4.23. The van der Waals surface area contributed by atoms with Crippen molar-refractivity contribution in [3.63, 3.8) is 0 Å². The van der Waals surface area contributed by atoms with Gasteiger partial charge in [-0.05, 0) is 55.9 Å². The van der Waals surface area contributed by atoms with Crippen LogP contribution in [0.4, 0.5) is 5.88 Å². The van der Waals surface area contributed by atoms with Gasteiger partial charge in [0, 0.05) is 24.7 Å². The summed E-state index contributed by atoms with van der Waals surface area (Å²) in [6, 6.07) is 1.04. The van der Waals surface area contributed by atoms with Crippen LogP contribution < -0.4 is 10.6 Å². The van der Waals surface area contributed by atoms with Crippen LogP contribution in [0.25, 0.3) is 0 Å². The van der Waals surface area contributed by atoms with E-state index in [1.807, 2.05) is 6.92 Å². The van der Waals surface area contributed by atoms with Gasteiger partial charge in [-0.25, -0.2) is 0 Å². The van der Waals surface area contributed by atoms with Gasteiger partial charge in [0.15, 0.2) is 0 Å². The third-order valence-corrected chi connectivity index (χ3v) is 8.67. The van der Waals surface area contributed by atoms with Crippen LogP contribution in [0.1, 0.15) is 98.8 Å². The van der Waals surface area contributed by atoms with Crippen LogP contribution in [0.5, 0.6) is 0 Å². The van der Waals surface area contributed by atoms with Gasteiger partial charge in [0.1, 0.15) is 11.7 Å². The number of anilines is 1. The Labute approximate surface area is 201 Å². The summed E-state index contributed by atoms with van der Waals surface area (Å²) in [5.41, 5.74) is 2.41. The monoisotopic (exact) mass is 467 g/mol. The van der Waals surface area contributed by atoms with Crippen molar-refractivity contribution in [2.24, 2.45) is 24.3 Å². The van der Waals surface area contributed by atoms with E-state index in [0.717, 1.165) is 49.8 Å². The van der Waals surface area contributed by atoms with Crippen LogP contribution in [0.2, 0.25) is 0 Å². The van der Waals surface area contributed by atoms with Gasteiger partial charge in [-0.3, -0.25) is 19.6 Å². The standard InChI is InChI=1S/C26H37N5O3/c1-16-21(18-8-5-4-6-9-18)30-34-25(16)29-24(33)22(28-23(32)19-12-15-27-31(19)3)20(17-10-7-11-17)26(2)13-14-26/h12,15,17-18,20,22H,4-11,13-14H2,1-3H3,(H,28,32)(H,29,33)/t20?,22-/m0/s1. The summed E-state index contributed by atoms with van der Waals surface area (Å²) in [6.07, 6.45) is 13.1. The first-order valence-corrected chi connectivity index (χ1v) is 12.9. The maximum atomic E-state index is 13.8. The minimum Gasteiger partial charge on any atom is -0.339 e. The van der Waals surface area contributed by atoms with Gasteiger partial charge in [0.05, 0.1) is 5.69 Å². The van der Waals surface area contributed by atoms with Crippen LogP contribution >= 0.6 is 0 Å². The third kappa shape index (κ3) is 4.39. The first-order valence-electron chi connectivity index (χ1n) is 12.9. The van der Waals surface area contributed by atoms with Gasteiger partial charge < -0.3 is 9.84 Å². The molecule has 2 atom stereocenters. The lowest BCUT2D eigenvalue weighted by atomic mass is 9.66. The molecule has 2 aromatic rings. The van der Waals surface area contributed by atoms with Crippen molar-refractivity contribution in [1.29, 1.82) is 0 Å². The van der Waals surface area contributed by atoms with Crippen LogP contribution in [0.15, 0.2) is 16.8 Å². The zero-order valence-electron chi connectivity index (χ0n) is 20.6. The average Bonchev–Trinajstić information content (AvgIpc) is 3.21. The van der Waals surface area contributed by atoms with Crippen molar-refractivity contribution in [2.45, 2.75) is 90.0 Å². The van der Waals surface area contributed by atoms with E-state index < -0.39 is 6.04 Å². The molecule has 1 unspecified atom stereocenters. The first kappa shape index (κ1) is 23.1. The number of nitrogens with one attached hydrogen (secondary N) is 2. The minimum absolute atomic E-state index is 0.0799. The number of hydrogen-bond acceptors (Lipinski definition) is 5. The second kappa shape index (κ2) is 9.19. The molecule has 0 saturated heterocycles. The molecule has 184 valence electrons. The Bertz CT molecular complexity index is 1040. The molecule has 0 radical (unpaired) electrons. The molecule has 34 heavy (non-hydrogen) atoms. The van der Waals surface area contributed by atoms with Crippen LogP contribution in [0.3, 0.4) is 0 Å². The summed E-state index contributed by atoms with van der Waals surface area (Å²) in [4.78, 5) is 26.9. The molecule has 0 bridgehead atoms. The van der Waals surface area contributed by atoms with Crippen molar-refractivity contribution in [3.8, 4) is 0 Å². The number of aryl methyl sites for hydroxylation is 1. The van der Waals surface area contributed by atoms with E-state index >= 15 is 0 Å². The molecule has 5 rings (SSSR count). The smallest absolute Gasteiger partial charge is 0.270 e. The molecule has 2 heterocycles. The Morgan fingerprint density at radius 1 is 1.15 bits per heavy atom. The predicted molar refractivity (Wildman–Crippen MR) is 128 cm³/mol. The number of rotatable bonds is 8. The SMILES string of the molecule is Cc1c(C2CCCCC2)noc1NC(=O)[C@@H](NC(=O)c1ccnn1C)C(C1CCC1)C1(C)CC1. The fourth-order valence-corrected chi connectivity index (χ4v) is 6.11. The molecule has 2 amide bonds. The van der Waals surface area contributed by atoms with Gasteiger partial charge in [0.25, 0.3) is 5.91 Å². The largest absolute Gasteiger partial charge is 0.339 e. The molecular weight excluding hydrogens is 430 g/mol. The Hall–Kier alpha value is -2.64. The highest BCUT2D eigenvalue weighted by Crippen LogP contribution is 2.58. The number of nitrogens with zero attached hydrogens (tertiary/aromatic N) is 3. The van der Waals surface area contributed by atoms with Crippen molar-refractivity contribution >= 4 is 17.7 Å². The fraction of sp³-hybridized carbons (Fsp3) is 0.692. The lowest BCUT2D eigenvalue weighted by Crippen LogP contribution is -2.54. The quantitative estimate of drug-likeness (QED) is 0.585. The zero-order valence-corrected chi connectivity index (χ0v) is 20.6. The normalized spacial score (nSPS) is 22.0. The lowest BCUT2D eigenvalue weighted by molar-refractivity contribution is -0.121. The van der Waals surface area contributed by atoms with Crippen molar-refractivity contribution in [1.82, 2.24) is 20.3 Å². The maximum Gasteiger partial charge on any atom is 0.270 e. The molecule has 0 spiro atoms. The number of aromatic nitrogens is 3. The Morgan fingerprint density at radius 2 is 1.88 bits per heavy atom. The molecule has 8 nitrogen and oxygen atoms in total. The molecule has 2 N–H and O–H groups in total. The van der Waals surface area contributed by atoms with Gasteiger partial charge in [-0.2, -0.15) is 5.10 Å². The van der Waals surface area contributed by atoms with Gasteiger partial charge in [-0.1, -0.05) is 50.6 Å². The Balaban J connectivity index is 1.39. The number of carbonyl (C=O) groups excluding carboxylic acids is 2. The summed E-state index contributed by atoms with van der Waals surface area (Å²) < 4.78 is 7.18. The molecule has 2 aromatic heterocycles. The molecule has 3 saturated carbocycles. The summed E-state index contributed by atoms with van der Waals surface area (Å²) >= 11 is 0. The van der Waals surface area contributed by atoms with Gasteiger partial charge in [-0.15, -0.1) is 0 Å². The Kier molecular flexibility index (Phi) is 6.25. The zero-order chi connectivity index (χ0) is 23.9.